The van der Waals surface area contributed by atoms with E-state index in [-0.39, 0.29) is 0 Å². The van der Waals surface area contributed by atoms with Crippen LogP contribution in [-0.2, 0) is 11.8 Å². The molecule has 35 heavy (non-hydrogen) atoms. The van der Waals surface area contributed by atoms with Crippen molar-refractivity contribution in [2.24, 2.45) is 13.0 Å². The fourth-order valence-electron chi connectivity index (χ4n) is 3.75. The van der Waals surface area contributed by atoms with E-state index >= 15 is 0 Å². The fourth-order valence-corrected chi connectivity index (χ4v) is 3.75. The van der Waals surface area contributed by atoms with Gasteiger partial charge in [-0.05, 0) is 36.6 Å². The van der Waals surface area contributed by atoms with Gasteiger partial charge in [-0.1, -0.05) is 66.5 Å². The van der Waals surface area contributed by atoms with Crippen LogP contribution in [0.1, 0.15) is 66.4 Å². The first-order valence-corrected chi connectivity index (χ1v) is 12.6. The molecule has 0 saturated carbocycles. The molecule has 0 fully saturated rings. The van der Waals surface area contributed by atoms with Gasteiger partial charge < -0.3 is 14.0 Å². The van der Waals surface area contributed by atoms with Gasteiger partial charge in [0.2, 0.25) is 0 Å². The summed E-state index contributed by atoms with van der Waals surface area (Å²) in [6.07, 6.45) is 2.84. The Hall–Kier alpha value is -3.46. The van der Waals surface area contributed by atoms with Crippen molar-refractivity contribution < 1.29 is 14.3 Å². The van der Waals surface area contributed by atoms with Crippen LogP contribution in [0.5, 0.6) is 5.75 Å². The Kier molecular flexibility index (Phi) is 13.0. The lowest BCUT2D eigenvalue weighted by Gasteiger charge is -2.13. The summed E-state index contributed by atoms with van der Waals surface area (Å²) in [5, 5.41) is 13.5. The number of nitriles is 1. The molecule has 0 aliphatic carbocycles. The van der Waals surface area contributed by atoms with E-state index in [4.69, 9.17) is 9.47 Å². The van der Waals surface area contributed by atoms with E-state index < -0.39 is 6.09 Å². The summed E-state index contributed by atoms with van der Waals surface area (Å²) >= 11 is 0. The van der Waals surface area contributed by atoms with E-state index in [1.165, 1.54) is 0 Å². The van der Waals surface area contributed by atoms with Gasteiger partial charge in [0.25, 0.3) is 0 Å². The SMILES string of the molecule is CC.CC.CCCCC(C)COC(=O)Nc1cccc(-c2c(C#N)c3ccc(OC)cc3n2C)c1. The lowest BCUT2D eigenvalue weighted by molar-refractivity contribution is 0.141. The highest BCUT2D eigenvalue weighted by atomic mass is 16.5. The largest absolute Gasteiger partial charge is 0.497 e. The van der Waals surface area contributed by atoms with E-state index in [1.807, 2.05) is 81.8 Å². The summed E-state index contributed by atoms with van der Waals surface area (Å²) in [5.74, 6) is 1.07. The molecule has 0 aliphatic heterocycles. The number of methoxy groups -OCH3 is 1. The van der Waals surface area contributed by atoms with E-state index in [0.717, 1.165) is 47.2 Å². The van der Waals surface area contributed by atoms with Crippen molar-refractivity contribution in [1.82, 2.24) is 4.57 Å². The number of ether oxygens (including phenoxy) is 2. The van der Waals surface area contributed by atoms with Gasteiger partial charge in [-0.25, -0.2) is 4.79 Å². The highest BCUT2D eigenvalue weighted by molar-refractivity contribution is 5.96. The first-order valence-electron chi connectivity index (χ1n) is 12.6. The third-order valence-electron chi connectivity index (χ3n) is 5.45. The summed E-state index contributed by atoms with van der Waals surface area (Å²) in [5.41, 5.74) is 3.74. The molecule has 190 valence electrons. The average Bonchev–Trinajstić information content (AvgIpc) is 3.19. The van der Waals surface area contributed by atoms with Crippen LogP contribution in [0.15, 0.2) is 42.5 Å². The second kappa shape index (κ2) is 15.4. The first kappa shape index (κ1) is 29.6. The van der Waals surface area contributed by atoms with Crippen LogP contribution in [0.2, 0.25) is 0 Å². The number of anilines is 1. The van der Waals surface area contributed by atoms with Crippen LogP contribution in [0.3, 0.4) is 0 Å². The average molecular weight is 480 g/mol. The predicted molar refractivity (Wildman–Crippen MR) is 146 cm³/mol. The van der Waals surface area contributed by atoms with E-state index in [9.17, 15) is 10.1 Å². The Morgan fingerprint density at radius 2 is 1.86 bits per heavy atom. The molecule has 3 rings (SSSR count). The molecule has 0 saturated heterocycles. The number of carbonyl (C=O) groups excluding carboxylic acids is 1. The Bertz CT molecular complexity index is 1110. The summed E-state index contributed by atoms with van der Waals surface area (Å²) < 4.78 is 12.7. The number of hydrogen-bond donors (Lipinski definition) is 1. The van der Waals surface area contributed by atoms with Gasteiger partial charge in [0.05, 0.1) is 30.5 Å². The minimum absolute atomic E-state index is 0.336. The molecule has 1 atom stereocenters. The van der Waals surface area contributed by atoms with Crippen LogP contribution in [0.25, 0.3) is 22.2 Å². The number of carbonyl (C=O) groups is 1. The number of aromatic nitrogens is 1. The fraction of sp³-hybridized carbons (Fsp3) is 0.448. The predicted octanol–water partition coefficient (Wildman–Crippen LogP) is 8.15. The molecule has 1 unspecified atom stereocenters. The van der Waals surface area contributed by atoms with Crippen molar-refractivity contribution in [2.45, 2.75) is 60.8 Å². The first-order chi connectivity index (χ1) is 17.0. The smallest absolute Gasteiger partial charge is 0.411 e. The van der Waals surface area contributed by atoms with Crippen LogP contribution >= 0.6 is 0 Å². The second-order valence-corrected chi connectivity index (χ2v) is 7.83. The van der Waals surface area contributed by atoms with Crippen LogP contribution in [0.4, 0.5) is 10.5 Å². The van der Waals surface area contributed by atoms with Crippen molar-refractivity contribution in [2.75, 3.05) is 19.0 Å². The molecule has 1 amide bonds. The highest BCUT2D eigenvalue weighted by Gasteiger charge is 2.18. The quantitative estimate of drug-likeness (QED) is 0.353. The number of fused-ring (bicyclic) bond motifs is 1. The maximum atomic E-state index is 12.2. The molecule has 3 aromatic rings. The maximum absolute atomic E-state index is 12.2. The Morgan fingerprint density at radius 1 is 1.14 bits per heavy atom. The van der Waals surface area contributed by atoms with Crippen LogP contribution < -0.4 is 10.1 Å². The van der Waals surface area contributed by atoms with E-state index in [2.05, 4.69) is 25.2 Å². The number of nitrogens with one attached hydrogen (secondary N) is 1. The molecule has 0 bridgehead atoms. The molecular weight excluding hydrogens is 438 g/mol. The molecule has 1 N–H and O–H groups in total. The molecule has 0 radical (unpaired) electrons. The van der Waals surface area contributed by atoms with Gasteiger partial charge in [0.1, 0.15) is 11.8 Å². The Balaban J connectivity index is 0.00000145. The third-order valence-corrected chi connectivity index (χ3v) is 5.45. The Morgan fingerprint density at radius 3 is 2.49 bits per heavy atom. The zero-order chi connectivity index (χ0) is 26.4. The third kappa shape index (κ3) is 7.78. The summed E-state index contributed by atoms with van der Waals surface area (Å²) in [6, 6.07) is 15.4. The van der Waals surface area contributed by atoms with E-state index in [1.54, 1.807) is 7.11 Å². The zero-order valence-electron chi connectivity index (χ0n) is 22.6. The normalized spacial score (nSPS) is 10.7. The number of benzene rings is 2. The summed E-state index contributed by atoms with van der Waals surface area (Å²) in [7, 11) is 3.54. The number of aryl methyl sites for hydroxylation is 1. The molecule has 0 aliphatic rings. The Labute approximate surface area is 210 Å². The molecule has 1 aromatic heterocycles. The second-order valence-electron chi connectivity index (χ2n) is 7.83. The highest BCUT2D eigenvalue weighted by Crippen LogP contribution is 2.35. The molecule has 6 nitrogen and oxygen atoms in total. The van der Waals surface area contributed by atoms with Crippen molar-refractivity contribution >= 4 is 22.7 Å². The van der Waals surface area contributed by atoms with Crippen LogP contribution in [0, 0.1) is 17.2 Å². The van der Waals surface area contributed by atoms with Gasteiger partial charge in [0.15, 0.2) is 0 Å². The lowest BCUT2D eigenvalue weighted by atomic mass is 10.1. The monoisotopic (exact) mass is 479 g/mol. The summed E-state index contributed by atoms with van der Waals surface area (Å²) in [6.45, 7) is 12.6. The van der Waals surface area contributed by atoms with Gasteiger partial charge >= 0.3 is 6.09 Å². The molecule has 1 heterocycles. The van der Waals surface area contributed by atoms with E-state index in [0.29, 0.717) is 23.8 Å². The number of unbranched alkanes of at least 4 members (excludes halogenated alkanes) is 1. The van der Waals surface area contributed by atoms with Crippen molar-refractivity contribution in [3.63, 3.8) is 0 Å². The topological polar surface area (TPSA) is 76.3 Å². The standard InChI is InChI=1S/C25H29N3O3.2C2H6/c1-5-6-8-17(2)16-31-25(29)27-19-10-7-9-18(13-19)24-22(15-26)21-12-11-20(30-4)14-23(21)28(24)3;2*1-2/h7,9-14,17H,5-6,8,16H2,1-4H3,(H,27,29);2*1-2H3. The van der Waals surface area contributed by atoms with Gasteiger partial charge in [-0.2, -0.15) is 5.26 Å². The molecule has 0 spiro atoms. The lowest BCUT2D eigenvalue weighted by Crippen LogP contribution is -2.17. The number of amides is 1. The molecule has 6 heteroatoms. The van der Waals surface area contributed by atoms with Gasteiger partial charge in [-0.3, -0.25) is 5.32 Å². The number of rotatable bonds is 8. The van der Waals surface area contributed by atoms with Crippen molar-refractivity contribution in [1.29, 1.82) is 5.26 Å². The number of nitrogens with zero attached hydrogens (tertiary/aromatic N) is 2. The van der Waals surface area contributed by atoms with Crippen LogP contribution in [-0.4, -0.2) is 24.4 Å². The number of hydrogen-bond acceptors (Lipinski definition) is 4. The molecular formula is C29H41N3O3. The van der Waals surface area contributed by atoms with Crippen molar-refractivity contribution in [3.05, 3.63) is 48.0 Å². The summed E-state index contributed by atoms with van der Waals surface area (Å²) in [4.78, 5) is 12.2. The van der Waals surface area contributed by atoms with Gasteiger partial charge in [0, 0.05) is 29.8 Å². The minimum atomic E-state index is -0.470. The molecule has 2 aromatic carbocycles. The zero-order valence-corrected chi connectivity index (χ0v) is 22.6. The van der Waals surface area contributed by atoms with Gasteiger partial charge in [-0.15, -0.1) is 0 Å². The maximum Gasteiger partial charge on any atom is 0.411 e. The minimum Gasteiger partial charge on any atom is -0.497 e. The van der Waals surface area contributed by atoms with Crippen molar-refractivity contribution in [3.8, 4) is 23.1 Å².